The van der Waals surface area contributed by atoms with Gasteiger partial charge in [-0.3, -0.25) is 4.90 Å². The predicted molar refractivity (Wildman–Crippen MR) is 114 cm³/mol. The van der Waals surface area contributed by atoms with Crippen molar-refractivity contribution in [2.24, 2.45) is 0 Å². The number of anilines is 2. The van der Waals surface area contributed by atoms with E-state index < -0.39 is 0 Å². The second-order valence-electron chi connectivity index (χ2n) is 6.96. The van der Waals surface area contributed by atoms with E-state index in [4.69, 9.17) is 9.47 Å². The highest BCUT2D eigenvalue weighted by molar-refractivity contribution is 9.10. The van der Waals surface area contributed by atoms with E-state index in [2.05, 4.69) is 65.7 Å². The molecule has 7 heteroatoms. The van der Waals surface area contributed by atoms with Crippen molar-refractivity contribution < 1.29 is 9.47 Å². The maximum atomic E-state index is 6.14. The van der Waals surface area contributed by atoms with Crippen LogP contribution in [0.4, 0.5) is 11.5 Å². The average Bonchev–Trinajstić information content (AvgIpc) is 2.66. The smallest absolute Gasteiger partial charge is 0.176 e. The average molecular weight is 497 g/mol. The molecule has 0 aliphatic carbocycles. The lowest BCUT2D eigenvalue weighted by molar-refractivity contribution is 0.0373. The Bertz CT molecular complexity index is 825. The number of ether oxygens (including phenoxy) is 2. The maximum absolute atomic E-state index is 6.14. The molecule has 1 aromatic carbocycles. The predicted octanol–water partition coefficient (Wildman–Crippen LogP) is 5.27. The number of pyridine rings is 1. The van der Waals surface area contributed by atoms with E-state index in [1.165, 1.54) is 5.56 Å². The summed E-state index contributed by atoms with van der Waals surface area (Å²) in [5.41, 5.74) is 2.28. The van der Waals surface area contributed by atoms with Crippen LogP contribution in [0.5, 0.6) is 11.5 Å². The molecule has 0 spiro atoms. The van der Waals surface area contributed by atoms with Crippen molar-refractivity contribution in [1.82, 2.24) is 9.88 Å². The Labute approximate surface area is 176 Å². The van der Waals surface area contributed by atoms with Gasteiger partial charge in [0.2, 0.25) is 0 Å². The van der Waals surface area contributed by atoms with Crippen molar-refractivity contribution in [2.45, 2.75) is 19.8 Å². The Balaban J connectivity index is 1.51. The summed E-state index contributed by atoms with van der Waals surface area (Å²) in [5, 5.41) is 0. The largest absolute Gasteiger partial charge is 0.451 e. The third kappa shape index (κ3) is 4.31. The summed E-state index contributed by atoms with van der Waals surface area (Å²) in [4.78, 5) is 9.41. The highest BCUT2D eigenvalue weighted by atomic mass is 79.9. The normalized spacial score (nSPS) is 16.6. The summed E-state index contributed by atoms with van der Waals surface area (Å²) >= 11 is 7.12. The van der Waals surface area contributed by atoms with Crippen LogP contribution in [0.2, 0.25) is 0 Å². The van der Waals surface area contributed by atoms with Gasteiger partial charge in [-0.05, 0) is 59.9 Å². The number of halogens is 2. The van der Waals surface area contributed by atoms with Crippen LogP contribution in [-0.4, -0.2) is 49.3 Å². The van der Waals surface area contributed by atoms with E-state index in [9.17, 15) is 0 Å². The van der Waals surface area contributed by atoms with Crippen LogP contribution in [0.25, 0.3) is 0 Å². The molecule has 0 N–H and O–H groups in total. The van der Waals surface area contributed by atoms with Crippen LogP contribution >= 0.6 is 31.9 Å². The number of hydrogen-bond donors (Lipinski definition) is 0. The zero-order chi connectivity index (χ0) is 18.8. The standard InChI is InChI=1S/C20H23Br2N3O2/c1-14-10-17-18(12-16(14)22)27-19-11-15(21)13-23-20(19)25(17)5-3-2-4-24-6-8-26-9-7-24/h10-13H,2-9H2,1H3. The molecule has 1 fully saturated rings. The number of morpholine rings is 1. The second kappa shape index (κ2) is 8.47. The van der Waals surface area contributed by atoms with Gasteiger partial charge in [-0.25, -0.2) is 4.98 Å². The number of nitrogens with zero attached hydrogens (tertiary/aromatic N) is 3. The van der Waals surface area contributed by atoms with E-state index in [1.54, 1.807) is 0 Å². The van der Waals surface area contributed by atoms with Gasteiger partial charge in [0, 0.05) is 40.8 Å². The van der Waals surface area contributed by atoms with Crippen LogP contribution in [-0.2, 0) is 4.74 Å². The third-order valence-electron chi connectivity index (χ3n) is 5.02. The zero-order valence-corrected chi connectivity index (χ0v) is 18.6. The summed E-state index contributed by atoms with van der Waals surface area (Å²) in [6, 6.07) is 6.21. The second-order valence-corrected chi connectivity index (χ2v) is 8.73. The maximum Gasteiger partial charge on any atom is 0.176 e. The van der Waals surface area contributed by atoms with Crippen molar-refractivity contribution in [3.63, 3.8) is 0 Å². The minimum atomic E-state index is 0.792. The van der Waals surface area contributed by atoms with Crippen molar-refractivity contribution in [2.75, 3.05) is 44.3 Å². The summed E-state index contributed by atoms with van der Waals surface area (Å²) in [6.45, 7) is 7.96. The van der Waals surface area contributed by atoms with Gasteiger partial charge in [-0.2, -0.15) is 0 Å². The van der Waals surface area contributed by atoms with E-state index in [-0.39, 0.29) is 0 Å². The fourth-order valence-corrected chi connectivity index (χ4v) is 4.15. The Morgan fingerprint density at radius 3 is 2.63 bits per heavy atom. The van der Waals surface area contributed by atoms with Crippen LogP contribution in [0.1, 0.15) is 18.4 Å². The number of rotatable bonds is 5. The van der Waals surface area contributed by atoms with E-state index in [0.29, 0.717) is 0 Å². The summed E-state index contributed by atoms with van der Waals surface area (Å²) in [7, 11) is 0. The number of aromatic nitrogens is 1. The molecular formula is C20H23Br2N3O2. The van der Waals surface area contributed by atoms with Gasteiger partial charge in [-0.15, -0.1) is 0 Å². The molecule has 27 heavy (non-hydrogen) atoms. The van der Waals surface area contributed by atoms with Crippen LogP contribution in [0, 0.1) is 6.92 Å². The minimum absolute atomic E-state index is 0.792. The SMILES string of the molecule is Cc1cc2c(cc1Br)Oc1cc(Br)cnc1N2CCCCN1CCOCC1. The van der Waals surface area contributed by atoms with Crippen molar-refractivity contribution in [3.05, 3.63) is 38.9 Å². The van der Waals surface area contributed by atoms with Gasteiger partial charge in [0.15, 0.2) is 17.3 Å². The Morgan fingerprint density at radius 2 is 1.81 bits per heavy atom. The fourth-order valence-electron chi connectivity index (χ4n) is 3.52. The van der Waals surface area contributed by atoms with Crippen molar-refractivity contribution in [1.29, 1.82) is 0 Å². The molecule has 5 nitrogen and oxygen atoms in total. The van der Waals surface area contributed by atoms with Gasteiger partial charge < -0.3 is 14.4 Å². The first kappa shape index (κ1) is 19.2. The number of fused-ring (bicyclic) bond motifs is 2. The molecule has 144 valence electrons. The Morgan fingerprint density at radius 1 is 1.04 bits per heavy atom. The van der Waals surface area contributed by atoms with Gasteiger partial charge >= 0.3 is 0 Å². The lowest BCUT2D eigenvalue weighted by Crippen LogP contribution is -2.37. The third-order valence-corrected chi connectivity index (χ3v) is 6.30. The molecule has 1 saturated heterocycles. The summed E-state index contributed by atoms with van der Waals surface area (Å²) in [6.07, 6.45) is 4.09. The Kier molecular flexibility index (Phi) is 6.02. The molecule has 2 aliphatic heterocycles. The first-order valence-corrected chi connectivity index (χ1v) is 10.9. The Hall–Kier alpha value is -1.15. The molecule has 2 aliphatic rings. The van der Waals surface area contributed by atoms with Gasteiger partial charge in [-0.1, -0.05) is 15.9 Å². The lowest BCUT2D eigenvalue weighted by atomic mass is 10.1. The van der Waals surface area contributed by atoms with Crippen molar-refractivity contribution in [3.8, 4) is 11.5 Å². The van der Waals surface area contributed by atoms with E-state index in [0.717, 1.165) is 84.2 Å². The molecule has 1 aromatic heterocycles. The molecule has 0 saturated carbocycles. The number of hydrogen-bond acceptors (Lipinski definition) is 5. The molecule has 2 aromatic rings. The topological polar surface area (TPSA) is 37.8 Å². The first-order chi connectivity index (χ1) is 13.1. The number of unbranched alkanes of at least 4 members (excludes halogenated alkanes) is 1. The van der Waals surface area contributed by atoms with E-state index >= 15 is 0 Å². The highest BCUT2D eigenvalue weighted by Gasteiger charge is 2.26. The van der Waals surface area contributed by atoms with Crippen LogP contribution in [0.15, 0.2) is 33.3 Å². The number of aryl methyl sites for hydroxylation is 1. The molecule has 4 rings (SSSR count). The molecule has 0 amide bonds. The zero-order valence-electron chi connectivity index (χ0n) is 15.4. The lowest BCUT2D eigenvalue weighted by Gasteiger charge is -2.32. The molecule has 0 unspecified atom stereocenters. The first-order valence-electron chi connectivity index (χ1n) is 9.33. The molecule has 0 atom stereocenters. The van der Waals surface area contributed by atoms with Gasteiger partial charge in [0.05, 0.1) is 18.9 Å². The molecular weight excluding hydrogens is 474 g/mol. The summed E-state index contributed by atoms with van der Waals surface area (Å²) in [5.74, 6) is 2.55. The molecule has 0 radical (unpaired) electrons. The summed E-state index contributed by atoms with van der Waals surface area (Å²) < 4.78 is 13.5. The number of benzene rings is 1. The quantitative estimate of drug-likeness (QED) is 0.527. The van der Waals surface area contributed by atoms with E-state index in [1.807, 2.05) is 12.3 Å². The van der Waals surface area contributed by atoms with Crippen molar-refractivity contribution >= 4 is 43.4 Å². The molecule has 0 bridgehead atoms. The fraction of sp³-hybridized carbons (Fsp3) is 0.450. The van der Waals surface area contributed by atoms with Gasteiger partial charge in [0.1, 0.15) is 0 Å². The monoisotopic (exact) mass is 495 g/mol. The molecule has 3 heterocycles. The van der Waals surface area contributed by atoms with Gasteiger partial charge in [0.25, 0.3) is 0 Å². The highest BCUT2D eigenvalue weighted by Crippen LogP contribution is 2.47. The minimum Gasteiger partial charge on any atom is -0.451 e. The van der Waals surface area contributed by atoms with Crippen LogP contribution in [0.3, 0.4) is 0 Å². The van der Waals surface area contributed by atoms with Crippen LogP contribution < -0.4 is 9.64 Å².